The van der Waals surface area contributed by atoms with E-state index in [0.29, 0.717) is 13.0 Å². The van der Waals surface area contributed by atoms with Crippen molar-refractivity contribution in [2.45, 2.75) is 38.1 Å². The molecule has 0 aromatic rings. The zero-order valence-electron chi connectivity index (χ0n) is 10.9. The van der Waals surface area contributed by atoms with Crippen LogP contribution < -0.4 is 22.1 Å². The Bertz CT molecular complexity index is 405. The van der Waals surface area contributed by atoms with E-state index in [1.165, 1.54) is 0 Å². The van der Waals surface area contributed by atoms with E-state index in [0.717, 1.165) is 25.7 Å². The Labute approximate surface area is 112 Å². The molecule has 1 heterocycles. The molecular formula is C12H21N5O2. The van der Waals surface area contributed by atoms with Crippen molar-refractivity contribution in [2.75, 3.05) is 6.54 Å². The maximum absolute atomic E-state index is 12.1. The molecule has 2 fully saturated rings. The topological polar surface area (TPSA) is 134 Å². The highest BCUT2D eigenvalue weighted by Crippen LogP contribution is 2.58. The number of rotatable bonds is 5. The number of amides is 2. The predicted octanol–water partition coefficient (Wildman–Crippen LogP) is -0.980. The summed E-state index contributed by atoms with van der Waals surface area (Å²) >= 11 is 0. The smallest absolute Gasteiger partial charge is 0.240 e. The van der Waals surface area contributed by atoms with Gasteiger partial charge >= 0.3 is 0 Å². The quantitative estimate of drug-likeness (QED) is 0.248. The Morgan fingerprint density at radius 3 is 2.68 bits per heavy atom. The molecule has 1 aliphatic carbocycles. The zero-order valence-corrected chi connectivity index (χ0v) is 10.9. The summed E-state index contributed by atoms with van der Waals surface area (Å²) < 4.78 is 0. The first-order valence-electron chi connectivity index (χ1n) is 6.62. The van der Waals surface area contributed by atoms with E-state index in [4.69, 9.17) is 16.9 Å². The molecule has 7 heteroatoms. The van der Waals surface area contributed by atoms with Gasteiger partial charge in [0, 0.05) is 12.5 Å². The van der Waals surface area contributed by atoms with E-state index in [1.54, 1.807) is 0 Å². The van der Waals surface area contributed by atoms with E-state index in [2.05, 4.69) is 10.6 Å². The number of nitrogens with two attached hydrogens (primary N) is 2. The molecule has 0 aromatic heterocycles. The predicted molar refractivity (Wildman–Crippen MR) is 70.0 cm³/mol. The minimum atomic E-state index is -0.512. The van der Waals surface area contributed by atoms with Crippen molar-refractivity contribution < 1.29 is 9.59 Å². The minimum Gasteiger partial charge on any atom is -0.370 e. The van der Waals surface area contributed by atoms with Gasteiger partial charge in [-0.1, -0.05) is 0 Å². The molecule has 2 rings (SSSR count). The van der Waals surface area contributed by atoms with Gasteiger partial charge in [0.2, 0.25) is 11.8 Å². The summed E-state index contributed by atoms with van der Waals surface area (Å²) in [6.45, 7) is 0.592. The van der Waals surface area contributed by atoms with Gasteiger partial charge in [0.1, 0.15) is 6.04 Å². The average Bonchev–Trinajstić information content (AvgIpc) is 3.06. The van der Waals surface area contributed by atoms with Crippen molar-refractivity contribution in [1.82, 2.24) is 10.6 Å². The van der Waals surface area contributed by atoms with E-state index in [1.807, 2.05) is 0 Å². The van der Waals surface area contributed by atoms with Crippen molar-refractivity contribution >= 4 is 17.8 Å². The summed E-state index contributed by atoms with van der Waals surface area (Å²) in [4.78, 5) is 23.3. The fourth-order valence-corrected chi connectivity index (χ4v) is 3.00. The molecule has 0 radical (unpaired) electrons. The van der Waals surface area contributed by atoms with Crippen molar-refractivity contribution in [3.8, 4) is 0 Å². The number of hydrogen-bond acceptors (Lipinski definition) is 3. The molecule has 2 amide bonds. The van der Waals surface area contributed by atoms with E-state index in [9.17, 15) is 9.59 Å². The highest BCUT2D eigenvalue weighted by atomic mass is 16.2. The van der Waals surface area contributed by atoms with Gasteiger partial charge in [0.25, 0.3) is 0 Å². The van der Waals surface area contributed by atoms with Crippen molar-refractivity contribution in [3.05, 3.63) is 0 Å². The first-order valence-corrected chi connectivity index (χ1v) is 6.62. The third kappa shape index (κ3) is 2.97. The zero-order chi connectivity index (χ0) is 14.0. The third-order valence-electron chi connectivity index (χ3n) is 4.20. The van der Waals surface area contributed by atoms with Crippen LogP contribution in [-0.4, -0.2) is 30.4 Å². The number of carbonyl (C=O) groups is 2. The lowest BCUT2D eigenvalue weighted by molar-refractivity contribution is -0.136. The van der Waals surface area contributed by atoms with E-state index >= 15 is 0 Å². The molecule has 0 unspecified atom stereocenters. The molecule has 1 saturated heterocycles. The molecule has 2 aliphatic rings. The molecule has 1 saturated carbocycles. The second-order valence-electron chi connectivity index (χ2n) is 5.57. The number of hydrogen-bond donors (Lipinski definition) is 5. The lowest BCUT2D eigenvalue weighted by Gasteiger charge is -2.35. The Balaban J connectivity index is 1.89. The molecule has 0 bridgehead atoms. The van der Waals surface area contributed by atoms with Crippen LogP contribution in [0.5, 0.6) is 0 Å². The van der Waals surface area contributed by atoms with E-state index < -0.39 is 11.9 Å². The maximum Gasteiger partial charge on any atom is 0.240 e. The molecular weight excluding hydrogens is 246 g/mol. The Hall–Kier alpha value is -1.79. The molecule has 1 spiro atoms. The number of nitrogens with one attached hydrogen (secondary N) is 3. The Morgan fingerprint density at radius 2 is 2.16 bits per heavy atom. The van der Waals surface area contributed by atoms with Crippen LogP contribution in [0.2, 0.25) is 0 Å². The maximum atomic E-state index is 12.1. The van der Waals surface area contributed by atoms with Gasteiger partial charge in [0.05, 0.1) is 0 Å². The van der Waals surface area contributed by atoms with Gasteiger partial charge in [-0.3, -0.25) is 15.0 Å². The van der Waals surface area contributed by atoms with Gasteiger partial charge in [-0.05, 0) is 37.5 Å². The number of piperidine rings is 1. The minimum absolute atomic E-state index is 0.0156. The summed E-state index contributed by atoms with van der Waals surface area (Å²) in [5.74, 6) is -0.605. The Kier molecular flexibility index (Phi) is 3.64. The fourth-order valence-electron chi connectivity index (χ4n) is 3.00. The van der Waals surface area contributed by atoms with Gasteiger partial charge < -0.3 is 22.1 Å². The van der Waals surface area contributed by atoms with Crippen LogP contribution >= 0.6 is 0 Å². The average molecular weight is 267 g/mol. The highest BCUT2D eigenvalue weighted by Gasteiger charge is 2.56. The standard InChI is InChI=1S/C12H21N5O2/c13-9(18)8-6-12(3-4-12)7(10(19)17-8)2-1-5-16-11(14)15/h7-8H,1-6H2,(H2,13,18)(H,17,19)(H4,14,15,16)/t7-,8+/m1/s1. The molecule has 7 N–H and O–H groups in total. The summed E-state index contributed by atoms with van der Waals surface area (Å²) in [5.41, 5.74) is 10.5. The van der Waals surface area contributed by atoms with Gasteiger partial charge in [0.15, 0.2) is 5.96 Å². The van der Waals surface area contributed by atoms with E-state index in [-0.39, 0.29) is 23.2 Å². The van der Waals surface area contributed by atoms with Crippen LogP contribution in [0.4, 0.5) is 0 Å². The van der Waals surface area contributed by atoms with Crippen molar-refractivity contribution in [2.24, 2.45) is 22.8 Å². The SMILES string of the molecule is N=C(N)NCCC[C@@H]1C(=O)N[C@H](C(N)=O)CC12CC2. The molecule has 0 aromatic carbocycles. The van der Waals surface area contributed by atoms with Crippen LogP contribution in [0.15, 0.2) is 0 Å². The Morgan fingerprint density at radius 1 is 1.47 bits per heavy atom. The second kappa shape index (κ2) is 5.07. The van der Waals surface area contributed by atoms with Crippen LogP contribution in [0.3, 0.4) is 0 Å². The second-order valence-corrected chi connectivity index (χ2v) is 5.57. The van der Waals surface area contributed by atoms with Gasteiger partial charge in [-0.25, -0.2) is 0 Å². The highest BCUT2D eigenvalue weighted by molar-refractivity contribution is 5.89. The third-order valence-corrected chi connectivity index (χ3v) is 4.20. The van der Waals surface area contributed by atoms with Crippen molar-refractivity contribution in [1.29, 1.82) is 5.41 Å². The summed E-state index contributed by atoms with van der Waals surface area (Å²) in [7, 11) is 0. The summed E-state index contributed by atoms with van der Waals surface area (Å²) in [5, 5.41) is 12.5. The molecule has 7 nitrogen and oxygen atoms in total. The first kappa shape index (κ1) is 13.6. The fraction of sp³-hybridized carbons (Fsp3) is 0.750. The molecule has 19 heavy (non-hydrogen) atoms. The monoisotopic (exact) mass is 267 g/mol. The molecule has 106 valence electrons. The van der Waals surface area contributed by atoms with Crippen molar-refractivity contribution in [3.63, 3.8) is 0 Å². The lowest BCUT2D eigenvalue weighted by atomic mass is 9.76. The van der Waals surface area contributed by atoms with Crippen LogP contribution in [0.1, 0.15) is 32.1 Å². The largest absolute Gasteiger partial charge is 0.370 e. The molecule has 2 atom stereocenters. The van der Waals surface area contributed by atoms with Crippen LogP contribution in [-0.2, 0) is 9.59 Å². The summed E-state index contributed by atoms with van der Waals surface area (Å²) in [6.07, 6.45) is 4.18. The van der Waals surface area contributed by atoms with Crippen LogP contribution in [0, 0.1) is 16.7 Å². The van der Waals surface area contributed by atoms with Gasteiger partial charge in [-0.2, -0.15) is 0 Å². The number of primary amides is 1. The first-order chi connectivity index (χ1) is 8.94. The molecule has 1 aliphatic heterocycles. The van der Waals surface area contributed by atoms with Crippen LogP contribution in [0.25, 0.3) is 0 Å². The number of carbonyl (C=O) groups excluding carboxylic acids is 2. The summed E-state index contributed by atoms with van der Waals surface area (Å²) in [6, 6.07) is -0.512. The van der Waals surface area contributed by atoms with Gasteiger partial charge in [-0.15, -0.1) is 0 Å². The lowest BCUT2D eigenvalue weighted by Crippen LogP contribution is -2.54. The normalized spacial score (nSPS) is 27.7. The number of guanidine groups is 1.